The van der Waals surface area contributed by atoms with E-state index in [1.165, 1.54) is 0 Å². The predicted molar refractivity (Wildman–Crippen MR) is 87.4 cm³/mol. The number of hydrogen-bond acceptors (Lipinski definition) is 3. The van der Waals surface area contributed by atoms with Gasteiger partial charge in [0.1, 0.15) is 5.75 Å². The van der Waals surface area contributed by atoms with Crippen molar-refractivity contribution >= 4 is 23.4 Å². The van der Waals surface area contributed by atoms with Gasteiger partial charge >= 0.3 is 0 Å². The molecule has 2 aromatic rings. The van der Waals surface area contributed by atoms with E-state index < -0.39 is 12.6 Å². The Morgan fingerprint density at radius 2 is 1.64 bits per heavy atom. The van der Waals surface area contributed by atoms with E-state index in [0.29, 0.717) is 5.69 Å². The van der Waals surface area contributed by atoms with Crippen LogP contribution in [0.3, 0.4) is 0 Å². The molecular formula is C17H18FNO2S. The van der Waals surface area contributed by atoms with Crippen LogP contribution >= 0.6 is 11.8 Å². The molecule has 0 spiro atoms. The van der Waals surface area contributed by atoms with Gasteiger partial charge in [0, 0.05) is 15.5 Å². The second-order valence-electron chi connectivity index (χ2n) is 4.95. The Morgan fingerprint density at radius 3 is 2.14 bits per heavy atom. The number of hydrogen-bond donors (Lipinski definition) is 1. The zero-order valence-electron chi connectivity index (χ0n) is 12.5. The molecule has 3 nitrogen and oxygen atoms in total. The third-order valence-electron chi connectivity index (χ3n) is 2.69. The maximum atomic E-state index is 12.1. The molecule has 0 saturated heterocycles. The summed E-state index contributed by atoms with van der Waals surface area (Å²) in [5.74, 6) is 0.213. The Morgan fingerprint density at radius 1 is 1.09 bits per heavy atom. The summed E-state index contributed by atoms with van der Waals surface area (Å²) in [6, 6.07) is 15.2. The number of carbonyl (C=O) groups is 1. The van der Waals surface area contributed by atoms with Crippen molar-refractivity contribution in [2.75, 3.05) is 12.0 Å². The summed E-state index contributed by atoms with van der Waals surface area (Å²) < 4.78 is 17.7. The van der Waals surface area contributed by atoms with Crippen LogP contribution in [0.5, 0.6) is 5.75 Å². The van der Waals surface area contributed by atoms with Gasteiger partial charge in [0.05, 0.1) is 6.10 Å². The number of rotatable bonds is 6. The number of amides is 1. The molecule has 22 heavy (non-hydrogen) atoms. The number of ether oxygens (including phenoxy) is 1. The van der Waals surface area contributed by atoms with Crippen LogP contribution in [0.1, 0.15) is 13.8 Å². The minimum atomic E-state index is -1.01. The van der Waals surface area contributed by atoms with Gasteiger partial charge in [0.2, 0.25) is 0 Å². The standard InChI is InChI=1S/C17H18FNO2S/c1-12(2)21-14-5-9-16(10-6-14)22-15-7-3-13(4-8-15)19-17(20)11-18/h3-10,12H,11H2,1-2H3,(H,19,20). The van der Waals surface area contributed by atoms with Crippen molar-refractivity contribution in [2.45, 2.75) is 29.7 Å². The van der Waals surface area contributed by atoms with Crippen molar-refractivity contribution in [3.63, 3.8) is 0 Å². The van der Waals surface area contributed by atoms with E-state index in [1.54, 1.807) is 23.9 Å². The van der Waals surface area contributed by atoms with Crippen LogP contribution in [0.2, 0.25) is 0 Å². The van der Waals surface area contributed by atoms with Crippen LogP contribution in [0.25, 0.3) is 0 Å². The summed E-state index contributed by atoms with van der Waals surface area (Å²) in [6.07, 6.45) is 0.158. The second kappa shape index (κ2) is 7.84. The van der Waals surface area contributed by atoms with Gasteiger partial charge in [-0.1, -0.05) is 11.8 Å². The van der Waals surface area contributed by atoms with Crippen LogP contribution < -0.4 is 10.1 Å². The van der Waals surface area contributed by atoms with Crippen LogP contribution in [0.4, 0.5) is 10.1 Å². The van der Waals surface area contributed by atoms with Gasteiger partial charge in [-0.25, -0.2) is 4.39 Å². The fraction of sp³-hybridized carbons (Fsp3) is 0.235. The number of benzene rings is 2. The maximum Gasteiger partial charge on any atom is 0.255 e. The summed E-state index contributed by atoms with van der Waals surface area (Å²) in [5, 5.41) is 2.47. The predicted octanol–water partition coefficient (Wildman–Crippen LogP) is 4.53. The van der Waals surface area contributed by atoms with Crippen molar-refractivity contribution in [3.05, 3.63) is 48.5 Å². The molecule has 0 aliphatic heterocycles. The van der Waals surface area contributed by atoms with Crippen molar-refractivity contribution in [1.29, 1.82) is 0 Å². The van der Waals surface area contributed by atoms with Crippen molar-refractivity contribution in [2.24, 2.45) is 0 Å². The van der Waals surface area contributed by atoms with Gasteiger partial charge in [0.15, 0.2) is 6.67 Å². The van der Waals surface area contributed by atoms with Crippen molar-refractivity contribution < 1.29 is 13.9 Å². The average molecular weight is 319 g/mol. The monoisotopic (exact) mass is 319 g/mol. The molecule has 0 aliphatic carbocycles. The number of nitrogens with one attached hydrogen (secondary N) is 1. The lowest BCUT2D eigenvalue weighted by atomic mass is 10.3. The van der Waals surface area contributed by atoms with Gasteiger partial charge in [-0.3, -0.25) is 4.79 Å². The normalized spacial score (nSPS) is 10.5. The smallest absolute Gasteiger partial charge is 0.255 e. The summed E-state index contributed by atoms with van der Waals surface area (Å²) in [6.45, 7) is 2.97. The Hall–Kier alpha value is -2.01. The molecule has 0 radical (unpaired) electrons. The number of carbonyl (C=O) groups excluding carboxylic acids is 1. The molecule has 1 amide bonds. The lowest BCUT2D eigenvalue weighted by molar-refractivity contribution is -0.117. The SMILES string of the molecule is CC(C)Oc1ccc(Sc2ccc(NC(=O)CF)cc2)cc1. The number of halogens is 1. The highest BCUT2D eigenvalue weighted by Gasteiger charge is 2.03. The highest BCUT2D eigenvalue weighted by atomic mass is 32.2. The molecule has 0 aromatic heterocycles. The van der Waals surface area contributed by atoms with E-state index in [2.05, 4.69) is 5.32 Å². The second-order valence-corrected chi connectivity index (χ2v) is 6.09. The highest BCUT2D eigenvalue weighted by molar-refractivity contribution is 7.99. The Balaban J connectivity index is 1.97. The van der Waals surface area contributed by atoms with Crippen LogP contribution in [0.15, 0.2) is 58.3 Å². The Kier molecular flexibility index (Phi) is 5.83. The summed E-state index contributed by atoms with van der Waals surface area (Å²) in [7, 11) is 0. The lowest BCUT2D eigenvalue weighted by Gasteiger charge is -2.10. The number of alkyl halides is 1. The van der Waals surface area contributed by atoms with Crippen LogP contribution in [-0.2, 0) is 4.79 Å². The maximum absolute atomic E-state index is 12.1. The molecule has 2 aromatic carbocycles. The van der Waals surface area contributed by atoms with E-state index in [4.69, 9.17) is 4.74 Å². The quantitative estimate of drug-likeness (QED) is 0.850. The zero-order chi connectivity index (χ0) is 15.9. The molecule has 0 bridgehead atoms. The Labute approximate surface area is 133 Å². The fourth-order valence-electron chi connectivity index (χ4n) is 1.80. The molecule has 0 fully saturated rings. The molecule has 0 unspecified atom stereocenters. The molecule has 5 heteroatoms. The third-order valence-corrected chi connectivity index (χ3v) is 3.71. The van der Waals surface area contributed by atoms with E-state index in [1.807, 2.05) is 50.2 Å². The molecule has 0 aliphatic rings. The number of anilines is 1. The molecule has 1 N–H and O–H groups in total. The van der Waals surface area contributed by atoms with E-state index in [9.17, 15) is 9.18 Å². The van der Waals surface area contributed by atoms with Crippen molar-refractivity contribution in [3.8, 4) is 5.75 Å². The van der Waals surface area contributed by atoms with Gasteiger partial charge < -0.3 is 10.1 Å². The first-order valence-electron chi connectivity index (χ1n) is 6.97. The van der Waals surface area contributed by atoms with Crippen LogP contribution in [-0.4, -0.2) is 18.7 Å². The van der Waals surface area contributed by atoms with Crippen molar-refractivity contribution in [1.82, 2.24) is 0 Å². The highest BCUT2D eigenvalue weighted by Crippen LogP contribution is 2.30. The van der Waals surface area contributed by atoms with E-state index in [-0.39, 0.29) is 6.10 Å². The molecule has 2 rings (SSSR count). The first-order valence-corrected chi connectivity index (χ1v) is 7.79. The minimum absolute atomic E-state index is 0.158. The van der Waals surface area contributed by atoms with Gasteiger partial charge in [0.25, 0.3) is 5.91 Å². The fourth-order valence-corrected chi connectivity index (χ4v) is 2.61. The molecule has 116 valence electrons. The first kappa shape index (κ1) is 16.4. The summed E-state index contributed by atoms with van der Waals surface area (Å²) >= 11 is 1.61. The van der Waals surface area contributed by atoms with E-state index >= 15 is 0 Å². The molecule has 0 saturated carbocycles. The summed E-state index contributed by atoms with van der Waals surface area (Å²) in [4.78, 5) is 13.1. The molecule has 0 heterocycles. The molecular weight excluding hydrogens is 301 g/mol. The lowest BCUT2D eigenvalue weighted by Crippen LogP contribution is -2.12. The minimum Gasteiger partial charge on any atom is -0.491 e. The van der Waals surface area contributed by atoms with Gasteiger partial charge in [-0.15, -0.1) is 0 Å². The average Bonchev–Trinajstić information content (AvgIpc) is 2.50. The zero-order valence-corrected chi connectivity index (χ0v) is 13.3. The largest absolute Gasteiger partial charge is 0.491 e. The van der Waals surface area contributed by atoms with Gasteiger partial charge in [-0.05, 0) is 62.4 Å². The summed E-state index contributed by atoms with van der Waals surface area (Å²) in [5.41, 5.74) is 0.590. The topological polar surface area (TPSA) is 38.3 Å². The van der Waals surface area contributed by atoms with Crippen LogP contribution in [0, 0.1) is 0 Å². The third kappa shape index (κ3) is 5.07. The Bertz CT molecular complexity index is 612. The first-order chi connectivity index (χ1) is 10.6. The van der Waals surface area contributed by atoms with E-state index in [0.717, 1.165) is 15.5 Å². The van der Waals surface area contributed by atoms with Gasteiger partial charge in [-0.2, -0.15) is 0 Å². The molecule has 0 atom stereocenters.